The second kappa shape index (κ2) is 5.66. The van der Waals surface area contributed by atoms with E-state index in [-0.39, 0.29) is 17.2 Å². The first-order chi connectivity index (χ1) is 9.11. The number of thioether (sulfide) groups is 1. The minimum Gasteiger partial charge on any atom is -0.326 e. The number of aromatic nitrogens is 3. The molecule has 0 fully saturated rings. The van der Waals surface area contributed by atoms with E-state index in [9.17, 15) is 9.59 Å². The Morgan fingerprint density at radius 1 is 1.32 bits per heavy atom. The van der Waals surface area contributed by atoms with E-state index < -0.39 is 0 Å². The Labute approximate surface area is 113 Å². The molecule has 0 spiro atoms. The average Bonchev–Trinajstić information content (AvgIpc) is 2.39. The molecule has 0 aliphatic heterocycles. The topological polar surface area (TPSA) is 87.7 Å². The van der Waals surface area contributed by atoms with Crippen molar-refractivity contribution >= 4 is 23.4 Å². The fraction of sp³-hybridized carbons (Fsp3) is 0.167. The van der Waals surface area contributed by atoms with Crippen LogP contribution in [0, 0.1) is 0 Å². The number of para-hydroxylation sites is 1. The highest BCUT2D eigenvalue weighted by Crippen LogP contribution is 2.23. The number of anilines is 1. The van der Waals surface area contributed by atoms with Gasteiger partial charge in [0.2, 0.25) is 5.91 Å². The molecule has 2 aromatic rings. The molecule has 2 rings (SSSR count). The Hall–Kier alpha value is -2.15. The summed E-state index contributed by atoms with van der Waals surface area (Å²) in [4.78, 5) is 25.7. The van der Waals surface area contributed by atoms with Crippen LogP contribution in [0.1, 0.15) is 6.92 Å². The zero-order valence-corrected chi connectivity index (χ0v) is 11.2. The van der Waals surface area contributed by atoms with E-state index in [0.717, 1.165) is 0 Å². The molecule has 19 heavy (non-hydrogen) atoms. The second-order valence-corrected chi connectivity index (χ2v) is 4.53. The predicted molar refractivity (Wildman–Crippen MR) is 74.2 cm³/mol. The third-order valence-electron chi connectivity index (χ3n) is 2.36. The molecule has 7 heteroatoms. The Bertz CT molecular complexity index is 669. The highest BCUT2D eigenvalue weighted by Gasteiger charge is 2.12. The maximum Gasteiger partial charge on any atom is 0.278 e. The second-order valence-electron chi connectivity index (χ2n) is 3.74. The van der Waals surface area contributed by atoms with Gasteiger partial charge in [0.15, 0.2) is 10.9 Å². The Morgan fingerprint density at radius 3 is 2.68 bits per heavy atom. The van der Waals surface area contributed by atoms with Gasteiger partial charge in [-0.3, -0.25) is 14.6 Å². The first kappa shape index (κ1) is 13.3. The molecule has 0 bridgehead atoms. The summed E-state index contributed by atoms with van der Waals surface area (Å²) in [5.41, 5.74) is 0.921. The van der Waals surface area contributed by atoms with Gasteiger partial charge < -0.3 is 5.32 Å². The van der Waals surface area contributed by atoms with Crippen molar-refractivity contribution in [3.8, 4) is 11.3 Å². The monoisotopic (exact) mass is 276 g/mol. The maximum atomic E-state index is 12.0. The zero-order valence-electron chi connectivity index (χ0n) is 10.4. The summed E-state index contributed by atoms with van der Waals surface area (Å²) in [6.07, 6.45) is 1.80. The third kappa shape index (κ3) is 3.00. The molecule has 1 amide bonds. The summed E-state index contributed by atoms with van der Waals surface area (Å²) in [7, 11) is 0. The van der Waals surface area contributed by atoms with Gasteiger partial charge in [0, 0.05) is 12.5 Å². The molecule has 0 atom stereocenters. The number of nitrogens with one attached hydrogen (secondary N) is 2. The van der Waals surface area contributed by atoms with E-state index in [0.29, 0.717) is 16.4 Å². The van der Waals surface area contributed by atoms with Crippen molar-refractivity contribution in [2.75, 3.05) is 11.6 Å². The minimum atomic E-state index is -0.336. The zero-order chi connectivity index (χ0) is 13.8. The Kier molecular flexibility index (Phi) is 3.96. The SMILES string of the molecule is CSc1nnc(-c2ccccc2NC(C)=O)c(=O)[nH]1. The van der Waals surface area contributed by atoms with Gasteiger partial charge in [-0.1, -0.05) is 30.0 Å². The van der Waals surface area contributed by atoms with E-state index in [1.807, 2.05) is 0 Å². The van der Waals surface area contributed by atoms with Crippen LogP contribution in [-0.2, 0) is 4.79 Å². The van der Waals surface area contributed by atoms with Gasteiger partial charge in [-0.15, -0.1) is 10.2 Å². The van der Waals surface area contributed by atoms with Gasteiger partial charge in [-0.05, 0) is 12.3 Å². The lowest BCUT2D eigenvalue weighted by Crippen LogP contribution is -2.15. The van der Waals surface area contributed by atoms with Crippen molar-refractivity contribution in [1.82, 2.24) is 15.2 Å². The first-order valence-electron chi connectivity index (χ1n) is 5.50. The van der Waals surface area contributed by atoms with E-state index in [1.165, 1.54) is 18.7 Å². The largest absolute Gasteiger partial charge is 0.326 e. The van der Waals surface area contributed by atoms with Crippen LogP contribution < -0.4 is 10.9 Å². The van der Waals surface area contributed by atoms with Crippen molar-refractivity contribution in [2.24, 2.45) is 0 Å². The highest BCUT2D eigenvalue weighted by atomic mass is 32.2. The lowest BCUT2D eigenvalue weighted by atomic mass is 10.1. The molecule has 6 nitrogen and oxygen atoms in total. The molecule has 1 aromatic carbocycles. The number of rotatable bonds is 3. The number of benzene rings is 1. The van der Waals surface area contributed by atoms with Gasteiger partial charge in [0.1, 0.15) is 0 Å². The molecule has 0 unspecified atom stereocenters. The third-order valence-corrected chi connectivity index (χ3v) is 2.93. The smallest absolute Gasteiger partial charge is 0.278 e. The summed E-state index contributed by atoms with van der Waals surface area (Å²) in [6, 6.07) is 6.96. The van der Waals surface area contributed by atoms with Gasteiger partial charge >= 0.3 is 0 Å². The maximum absolute atomic E-state index is 12.0. The molecule has 1 aromatic heterocycles. The van der Waals surface area contributed by atoms with Crippen LogP contribution >= 0.6 is 11.8 Å². The van der Waals surface area contributed by atoms with Gasteiger partial charge in [0.05, 0.1) is 5.69 Å². The average molecular weight is 276 g/mol. The van der Waals surface area contributed by atoms with Crippen molar-refractivity contribution in [2.45, 2.75) is 12.1 Å². The first-order valence-corrected chi connectivity index (χ1v) is 6.72. The van der Waals surface area contributed by atoms with Crippen LogP contribution in [0.4, 0.5) is 5.69 Å². The molecule has 0 radical (unpaired) electrons. The number of aromatic amines is 1. The van der Waals surface area contributed by atoms with Gasteiger partial charge in [-0.25, -0.2) is 0 Å². The summed E-state index contributed by atoms with van der Waals surface area (Å²) >= 11 is 1.30. The summed E-state index contributed by atoms with van der Waals surface area (Å²) in [5.74, 6) is -0.211. The van der Waals surface area contributed by atoms with Crippen molar-refractivity contribution in [3.05, 3.63) is 34.6 Å². The molecule has 0 aliphatic rings. The highest BCUT2D eigenvalue weighted by molar-refractivity contribution is 7.98. The predicted octanol–water partition coefficient (Wildman–Crippen LogP) is 1.51. The van der Waals surface area contributed by atoms with Crippen molar-refractivity contribution in [3.63, 3.8) is 0 Å². The number of H-pyrrole nitrogens is 1. The van der Waals surface area contributed by atoms with Crippen LogP contribution in [-0.4, -0.2) is 27.3 Å². The molecule has 0 saturated heterocycles. The fourth-order valence-corrected chi connectivity index (χ4v) is 1.90. The summed E-state index contributed by atoms with van der Waals surface area (Å²) < 4.78 is 0. The lowest BCUT2D eigenvalue weighted by Gasteiger charge is -2.08. The van der Waals surface area contributed by atoms with Crippen LogP contribution in [0.15, 0.2) is 34.2 Å². The quantitative estimate of drug-likeness (QED) is 0.830. The summed E-state index contributed by atoms with van der Waals surface area (Å²) in [5, 5.41) is 10.9. The number of carbonyl (C=O) groups is 1. The number of amides is 1. The molecular formula is C12H12N4O2S. The van der Waals surface area contributed by atoms with Gasteiger partial charge in [0.25, 0.3) is 5.56 Å². The molecule has 0 saturated carbocycles. The number of carbonyl (C=O) groups excluding carboxylic acids is 1. The number of hydrogen-bond donors (Lipinski definition) is 2. The molecule has 2 N–H and O–H groups in total. The van der Waals surface area contributed by atoms with Crippen LogP contribution in [0.3, 0.4) is 0 Å². The number of nitrogens with zero attached hydrogens (tertiary/aromatic N) is 2. The van der Waals surface area contributed by atoms with Crippen LogP contribution in [0.25, 0.3) is 11.3 Å². The molecular weight excluding hydrogens is 264 g/mol. The van der Waals surface area contributed by atoms with Crippen LogP contribution in [0.5, 0.6) is 0 Å². The van der Waals surface area contributed by atoms with E-state index in [4.69, 9.17) is 0 Å². The van der Waals surface area contributed by atoms with E-state index in [2.05, 4.69) is 20.5 Å². The summed E-state index contributed by atoms with van der Waals surface area (Å²) in [6.45, 7) is 1.41. The Morgan fingerprint density at radius 2 is 2.05 bits per heavy atom. The number of hydrogen-bond acceptors (Lipinski definition) is 5. The molecule has 0 aliphatic carbocycles. The minimum absolute atomic E-state index is 0.183. The molecule has 1 heterocycles. The standard InChI is InChI=1S/C12H12N4O2S/c1-7(17)13-9-6-4-3-5-8(9)10-11(18)14-12(19-2)16-15-10/h3-6H,1-2H3,(H,13,17)(H,14,16,18). The van der Waals surface area contributed by atoms with E-state index in [1.54, 1.807) is 30.5 Å². The Balaban J connectivity index is 2.53. The van der Waals surface area contributed by atoms with Gasteiger partial charge in [-0.2, -0.15) is 0 Å². The molecule has 98 valence electrons. The normalized spacial score (nSPS) is 10.2. The lowest BCUT2D eigenvalue weighted by molar-refractivity contribution is -0.114. The fourth-order valence-electron chi connectivity index (χ4n) is 1.58. The van der Waals surface area contributed by atoms with Crippen molar-refractivity contribution < 1.29 is 4.79 Å². The van der Waals surface area contributed by atoms with E-state index >= 15 is 0 Å². The van der Waals surface area contributed by atoms with Crippen molar-refractivity contribution in [1.29, 1.82) is 0 Å². The van der Waals surface area contributed by atoms with Crippen LogP contribution in [0.2, 0.25) is 0 Å².